The van der Waals surface area contributed by atoms with Crippen LogP contribution in [0.2, 0.25) is 0 Å². The molecule has 1 heterocycles. The third-order valence-corrected chi connectivity index (χ3v) is 1.25. The summed E-state index contributed by atoms with van der Waals surface area (Å²) in [5.74, 6) is -3.72. The molecule has 0 unspecified atom stereocenters. The second kappa shape index (κ2) is 6.23. The molecule has 1 aromatic rings. The fraction of sp³-hybridized carbons (Fsp3) is 0. The van der Waals surface area contributed by atoms with Gasteiger partial charge in [0, 0.05) is 6.20 Å². The van der Waals surface area contributed by atoms with E-state index >= 15 is 0 Å². The molecule has 72 valence electrons. The maximum Gasteiger partial charge on any atom is 1.00 e. The van der Waals surface area contributed by atoms with Gasteiger partial charge in [-0.25, -0.2) is 9.97 Å². The van der Waals surface area contributed by atoms with Gasteiger partial charge < -0.3 is 15.2 Å². The van der Waals surface area contributed by atoms with Gasteiger partial charge in [-0.1, -0.05) is 0 Å². The molecule has 0 aliphatic heterocycles. The standard InChI is InChI=1S/C7H5N3O4.Na/c11-3-9-4-1-2-8-6(10-4)5(12)7(13)14;/h1-3H,(H,13,14)(H,8,9,10,11);/q;+1/p-1. The Bertz CT molecular complexity index is 396. The number of carboxylic acid groups (broad SMARTS) is 1. The van der Waals surface area contributed by atoms with Crippen molar-refractivity contribution in [3.63, 3.8) is 0 Å². The summed E-state index contributed by atoms with van der Waals surface area (Å²) in [6.45, 7) is 0. The summed E-state index contributed by atoms with van der Waals surface area (Å²) < 4.78 is 0. The number of nitrogens with one attached hydrogen (secondary N) is 1. The Morgan fingerprint density at radius 1 is 1.47 bits per heavy atom. The molecule has 0 aromatic carbocycles. The van der Waals surface area contributed by atoms with Gasteiger partial charge in [-0.05, 0) is 6.07 Å². The van der Waals surface area contributed by atoms with Crippen LogP contribution in [0.4, 0.5) is 5.82 Å². The van der Waals surface area contributed by atoms with E-state index in [9.17, 15) is 19.5 Å². The molecule has 0 radical (unpaired) electrons. The zero-order valence-corrected chi connectivity index (χ0v) is 9.76. The number of nitrogens with zero attached hydrogens (tertiary/aromatic N) is 2. The first-order chi connectivity index (χ1) is 6.65. The molecule has 0 aliphatic rings. The molecule has 8 heteroatoms. The van der Waals surface area contributed by atoms with Crippen LogP contribution in [0.3, 0.4) is 0 Å². The van der Waals surface area contributed by atoms with Crippen molar-refractivity contribution >= 4 is 24.0 Å². The molecule has 1 N–H and O–H groups in total. The zero-order valence-electron chi connectivity index (χ0n) is 7.76. The molecule has 1 amide bonds. The normalized spacial score (nSPS) is 8.53. The van der Waals surface area contributed by atoms with E-state index in [2.05, 4.69) is 15.3 Å². The summed E-state index contributed by atoms with van der Waals surface area (Å²) in [6, 6.07) is 1.31. The first-order valence-electron chi connectivity index (χ1n) is 3.44. The predicted molar refractivity (Wildman–Crippen MR) is 41.1 cm³/mol. The summed E-state index contributed by atoms with van der Waals surface area (Å²) in [7, 11) is 0. The van der Waals surface area contributed by atoms with Gasteiger partial charge in [0.05, 0.1) is 0 Å². The topological polar surface area (TPSA) is 112 Å². The van der Waals surface area contributed by atoms with Gasteiger partial charge >= 0.3 is 29.6 Å². The van der Waals surface area contributed by atoms with E-state index in [0.29, 0.717) is 6.41 Å². The van der Waals surface area contributed by atoms with Crippen molar-refractivity contribution in [2.75, 3.05) is 5.32 Å². The number of hydrogen-bond donors (Lipinski definition) is 1. The van der Waals surface area contributed by atoms with Crippen molar-refractivity contribution in [2.24, 2.45) is 0 Å². The SMILES string of the molecule is O=CNc1ccnc(C(=O)C(=O)[O-])n1.[Na+]. The molecule has 1 rings (SSSR count). The quantitative estimate of drug-likeness (QED) is 0.234. The monoisotopic (exact) mass is 217 g/mol. The number of carboxylic acids is 1. The number of aromatic nitrogens is 2. The predicted octanol–water partition coefficient (Wildman–Crippen LogP) is -5.02. The van der Waals surface area contributed by atoms with Crippen LogP contribution in [0.15, 0.2) is 12.3 Å². The number of hydrogen-bond acceptors (Lipinski definition) is 6. The van der Waals surface area contributed by atoms with Crippen LogP contribution in [0, 0.1) is 0 Å². The second-order valence-electron chi connectivity index (χ2n) is 2.14. The summed E-state index contributed by atoms with van der Waals surface area (Å²) in [4.78, 5) is 37.8. The minimum absolute atomic E-state index is 0. The van der Waals surface area contributed by atoms with Crippen LogP contribution in [-0.2, 0) is 9.59 Å². The van der Waals surface area contributed by atoms with Crippen LogP contribution in [0.1, 0.15) is 10.6 Å². The minimum atomic E-state index is -1.90. The van der Waals surface area contributed by atoms with Gasteiger partial charge in [-0.3, -0.25) is 9.59 Å². The van der Waals surface area contributed by atoms with Crippen LogP contribution in [0.25, 0.3) is 0 Å². The van der Waals surface area contributed by atoms with Gasteiger partial charge in [-0.15, -0.1) is 0 Å². The number of amides is 1. The molecular formula is C7H4N3NaO4. The van der Waals surface area contributed by atoms with Crippen LogP contribution in [0.5, 0.6) is 0 Å². The van der Waals surface area contributed by atoms with E-state index in [-0.39, 0.29) is 35.4 Å². The maximum atomic E-state index is 10.8. The summed E-state index contributed by atoms with van der Waals surface area (Å²) in [5.41, 5.74) is 0. The first kappa shape index (κ1) is 13.7. The Morgan fingerprint density at radius 2 is 2.13 bits per heavy atom. The van der Waals surface area contributed by atoms with Crippen molar-refractivity contribution in [1.29, 1.82) is 0 Å². The average molecular weight is 217 g/mol. The number of anilines is 1. The Kier molecular flexibility index (Phi) is 5.68. The van der Waals surface area contributed by atoms with Gasteiger partial charge in [-0.2, -0.15) is 0 Å². The van der Waals surface area contributed by atoms with E-state index in [4.69, 9.17) is 0 Å². The number of carbonyl (C=O) groups is 3. The Labute approximate surface area is 106 Å². The summed E-state index contributed by atoms with van der Waals surface area (Å²) in [5, 5.41) is 12.3. The molecule has 7 nitrogen and oxygen atoms in total. The second-order valence-corrected chi connectivity index (χ2v) is 2.14. The molecule has 0 fully saturated rings. The third kappa shape index (κ3) is 3.74. The first-order valence-corrected chi connectivity index (χ1v) is 3.44. The Hall–Kier alpha value is -1.31. The number of aliphatic carboxylic acids is 1. The van der Waals surface area contributed by atoms with E-state index in [1.165, 1.54) is 6.07 Å². The summed E-state index contributed by atoms with van der Waals surface area (Å²) >= 11 is 0. The van der Waals surface area contributed by atoms with Crippen molar-refractivity contribution in [3.8, 4) is 0 Å². The number of Topliss-reactive ketones (excluding diaryl/α,β-unsaturated/α-hetero) is 1. The van der Waals surface area contributed by atoms with Crippen LogP contribution >= 0.6 is 0 Å². The van der Waals surface area contributed by atoms with Crippen molar-refractivity contribution in [1.82, 2.24) is 9.97 Å². The van der Waals surface area contributed by atoms with E-state index < -0.39 is 17.6 Å². The summed E-state index contributed by atoms with van der Waals surface area (Å²) in [6.07, 6.45) is 1.49. The molecular weight excluding hydrogens is 213 g/mol. The Morgan fingerprint density at radius 3 is 2.67 bits per heavy atom. The maximum absolute atomic E-state index is 10.8. The van der Waals surface area contributed by atoms with E-state index in [1.807, 2.05) is 0 Å². The fourth-order valence-corrected chi connectivity index (χ4v) is 0.700. The van der Waals surface area contributed by atoms with Gasteiger partial charge in [0.1, 0.15) is 11.8 Å². The third-order valence-electron chi connectivity index (χ3n) is 1.25. The van der Waals surface area contributed by atoms with Crippen molar-refractivity contribution < 1.29 is 49.0 Å². The molecule has 0 atom stereocenters. The van der Waals surface area contributed by atoms with Gasteiger partial charge in [0.15, 0.2) is 0 Å². The van der Waals surface area contributed by atoms with Crippen molar-refractivity contribution in [2.45, 2.75) is 0 Å². The smallest absolute Gasteiger partial charge is 0.541 e. The van der Waals surface area contributed by atoms with Gasteiger partial charge in [0.25, 0.3) is 0 Å². The fourth-order valence-electron chi connectivity index (χ4n) is 0.700. The molecule has 0 aliphatic carbocycles. The molecule has 15 heavy (non-hydrogen) atoms. The van der Waals surface area contributed by atoms with Gasteiger partial charge in [0.2, 0.25) is 18.0 Å². The largest absolute Gasteiger partial charge is 1.00 e. The van der Waals surface area contributed by atoms with E-state index in [1.54, 1.807) is 0 Å². The number of ketones is 1. The number of carbonyl (C=O) groups excluding carboxylic acids is 3. The molecule has 0 saturated heterocycles. The molecule has 0 saturated carbocycles. The average Bonchev–Trinajstić information content (AvgIpc) is 2.17. The zero-order chi connectivity index (χ0) is 10.6. The van der Waals surface area contributed by atoms with Crippen molar-refractivity contribution in [3.05, 3.63) is 18.1 Å². The molecule has 1 aromatic heterocycles. The van der Waals surface area contributed by atoms with E-state index in [0.717, 1.165) is 6.20 Å². The molecule has 0 bridgehead atoms. The number of rotatable bonds is 4. The van der Waals surface area contributed by atoms with Crippen LogP contribution in [-0.4, -0.2) is 28.1 Å². The molecule has 0 spiro atoms. The Balaban J connectivity index is 0.00000196. The minimum Gasteiger partial charge on any atom is -0.541 e. The van der Waals surface area contributed by atoms with Crippen LogP contribution < -0.4 is 40.0 Å².